The van der Waals surface area contributed by atoms with Crippen LogP contribution in [0.5, 0.6) is 0 Å². The second-order valence-corrected chi connectivity index (χ2v) is 6.06. The molecular weight excluding hydrogens is 238 g/mol. The average Bonchev–Trinajstić information content (AvgIpc) is 2.61. The fourth-order valence-corrected chi connectivity index (χ4v) is 3.50. The number of nitrogens with one attached hydrogen (secondary N) is 1. The summed E-state index contributed by atoms with van der Waals surface area (Å²) in [5.41, 5.74) is 0. The van der Waals surface area contributed by atoms with Gasteiger partial charge in [0.15, 0.2) is 0 Å². The summed E-state index contributed by atoms with van der Waals surface area (Å²) < 4.78 is 30.6. The molecule has 0 aromatic heterocycles. The Balaban J connectivity index is 2.45. The first-order chi connectivity index (χ1) is 7.09. The predicted molar refractivity (Wildman–Crippen MR) is 60.6 cm³/mol. The number of rotatable bonds is 6. The number of ether oxygens (including phenoxy) is 1. The summed E-state index contributed by atoms with van der Waals surface area (Å²) in [6, 6.07) is 0.0179. The highest BCUT2D eigenvalue weighted by molar-refractivity contribution is 7.89. The van der Waals surface area contributed by atoms with Crippen LogP contribution in [0.2, 0.25) is 0 Å². The Morgan fingerprint density at radius 1 is 1.47 bits per heavy atom. The predicted octanol–water partition coefficient (Wildman–Crippen LogP) is 0.960. The fraction of sp³-hybridized carbons (Fsp3) is 1.00. The van der Waals surface area contributed by atoms with Crippen molar-refractivity contribution in [1.82, 2.24) is 4.72 Å². The number of hydrogen-bond acceptors (Lipinski definition) is 3. The van der Waals surface area contributed by atoms with E-state index < -0.39 is 10.0 Å². The van der Waals surface area contributed by atoms with Crippen LogP contribution in [0.3, 0.4) is 0 Å². The van der Waals surface area contributed by atoms with E-state index in [4.69, 9.17) is 16.3 Å². The third-order valence-corrected chi connectivity index (χ3v) is 4.51. The van der Waals surface area contributed by atoms with Crippen LogP contribution < -0.4 is 4.72 Å². The standard InChI is InChI=1S/C9H18ClNO3S/c1-14-5-6-15(12,13)11-9-4-2-3-8(9)7-10/h8-9,11H,2-7H2,1H3. The first-order valence-corrected chi connectivity index (χ1v) is 7.32. The van der Waals surface area contributed by atoms with Gasteiger partial charge in [-0.15, -0.1) is 11.6 Å². The van der Waals surface area contributed by atoms with Crippen molar-refractivity contribution in [2.45, 2.75) is 25.3 Å². The minimum absolute atomic E-state index is 0.0179. The smallest absolute Gasteiger partial charge is 0.214 e. The van der Waals surface area contributed by atoms with Gasteiger partial charge in [-0.2, -0.15) is 0 Å². The second-order valence-electron chi connectivity index (χ2n) is 3.88. The number of halogens is 1. The van der Waals surface area contributed by atoms with Crippen molar-refractivity contribution in [3.63, 3.8) is 0 Å². The van der Waals surface area contributed by atoms with E-state index >= 15 is 0 Å². The van der Waals surface area contributed by atoms with E-state index in [1.165, 1.54) is 7.11 Å². The molecule has 90 valence electrons. The maximum Gasteiger partial charge on any atom is 0.214 e. The first-order valence-electron chi connectivity index (χ1n) is 5.14. The number of alkyl halides is 1. The molecule has 1 aliphatic carbocycles. The molecule has 1 fully saturated rings. The largest absolute Gasteiger partial charge is 0.384 e. The number of sulfonamides is 1. The van der Waals surface area contributed by atoms with E-state index in [9.17, 15) is 8.42 Å². The maximum absolute atomic E-state index is 11.6. The minimum Gasteiger partial charge on any atom is -0.384 e. The minimum atomic E-state index is -3.20. The van der Waals surface area contributed by atoms with Gasteiger partial charge in [0.05, 0.1) is 12.4 Å². The number of hydrogen-bond donors (Lipinski definition) is 1. The Hall–Kier alpha value is 0.160. The average molecular weight is 256 g/mol. The lowest BCUT2D eigenvalue weighted by molar-refractivity contribution is 0.216. The lowest BCUT2D eigenvalue weighted by atomic mass is 10.1. The first kappa shape index (κ1) is 13.2. The third kappa shape index (κ3) is 4.26. The molecule has 2 atom stereocenters. The molecule has 0 amide bonds. The van der Waals surface area contributed by atoms with E-state index in [0.29, 0.717) is 5.88 Å². The quantitative estimate of drug-likeness (QED) is 0.720. The summed E-state index contributed by atoms with van der Waals surface area (Å²) in [7, 11) is -1.71. The molecule has 0 aliphatic heterocycles. The molecule has 0 heterocycles. The van der Waals surface area contributed by atoms with Gasteiger partial charge >= 0.3 is 0 Å². The van der Waals surface area contributed by atoms with Crippen LogP contribution in [-0.2, 0) is 14.8 Å². The fourth-order valence-electron chi connectivity index (χ4n) is 1.86. The molecule has 0 radical (unpaired) electrons. The molecule has 0 aromatic carbocycles. The van der Waals surface area contributed by atoms with E-state index in [2.05, 4.69) is 4.72 Å². The van der Waals surface area contributed by atoms with Crippen LogP contribution in [0.25, 0.3) is 0 Å². The Labute approximate surface area is 96.4 Å². The molecule has 0 spiro atoms. The molecule has 1 saturated carbocycles. The topological polar surface area (TPSA) is 55.4 Å². The molecule has 1 aliphatic rings. The maximum atomic E-state index is 11.6. The van der Waals surface area contributed by atoms with Gasteiger partial charge in [0.2, 0.25) is 10.0 Å². The van der Waals surface area contributed by atoms with E-state index in [1.807, 2.05) is 0 Å². The van der Waals surface area contributed by atoms with Gasteiger partial charge in [-0.1, -0.05) is 6.42 Å². The molecule has 0 aromatic rings. The Morgan fingerprint density at radius 2 is 2.20 bits per heavy atom. The van der Waals surface area contributed by atoms with Gasteiger partial charge in [0.25, 0.3) is 0 Å². The monoisotopic (exact) mass is 255 g/mol. The second kappa shape index (κ2) is 6.03. The summed E-state index contributed by atoms with van der Waals surface area (Å²) in [5.74, 6) is 0.830. The van der Waals surface area contributed by atoms with Crippen molar-refractivity contribution >= 4 is 21.6 Å². The molecule has 0 bridgehead atoms. The summed E-state index contributed by atoms with van der Waals surface area (Å²) in [6.07, 6.45) is 2.96. The van der Waals surface area contributed by atoms with Crippen LogP contribution in [0, 0.1) is 5.92 Å². The van der Waals surface area contributed by atoms with E-state index in [1.54, 1.807) is 0 Å². The SMILES string of the molecule is COCCS(=O)(=O)NC1CCCC1CCl. The molecule has 15 heavy (non-hydrogen) atoms. The third-order valence-electron chi connectivity index (χ3n) is 2.74. The number of methoxy groups -OCH3 is 1. The zero-order valence-corrected chi connectivity index (χ0v) is 10.5. The van der Waals surface area contributed by atoms with Crippen molar-refractivity contribution < 1.29 is 13.2 Å². The molecule has 6 heteroatoms. The summed E-state index contributed by atoms with van der Waals surface area (Å²) in [4.78, 5) is 0. The summed E-state index contributed by atoms with van der Waals surface area (Å²) in [6.45, 7) is 0.230. The molecule has 0 saturated heterocycles. The van der Waals surface area contributed by atoms with Gasteiger partial charge in [-0.3, -0.25) is 0 Å². The van der Waals surface area contributed by atoms with Crippen molar-refractivity contribution in [2.75, 3.05) is 25.3 Å². The Bertz CT molecular complexity index is 281. The van der Waals surface area contributed by atoms with Crippen LogP contribution in [0.1, 0.15) is 19.3 Å². The van der Waals surface area contributed by atoms with Gasteiger partial charge in [0, 0.05) is 19.0 Å². The van der Waals surface area contributed by atoms with Gasteiger partial charge < -0.3 is 4.74 Å². The molecule has 2 unspecified atom stereocenters. The van der Waals surface area contributed by atoms with Gasteiger partial charge in [-0.05, 0) is 18.8 Å². The Kier molecular flexibility index (Phi) is 5.32. The lowest BCUT2D eigenvalue weighted by Gasteiger charge is -2.18. The highest BCUT2D eigenvalue weighted by Gasteiger charge is 2.29. The highest BCUT2D eigenvalue weighted by atomic mass is 35.5. The van der Waals surface area contributed by atoms with Crippen LogP contribution in [0.15, 0.2) is 0 Å². The zero-order valence-electron chi connectivity index (χ0n) is 8.91. The van der Waals surface area contributed by atoms with Crippen molar-refractivity contribution in [2.24, 2.45) is 5.92 Å². The van der Waals surface area contributed by atoms with Crippen molar-refractivity contribution in [3.8, 4) is 0 Å². The van der Waals surface area contributed by atoms with Crippen LogP contribution in [0.4, 0.5) is 0 Å². The molecule has 4 nitrogen and oxygen atoms in total. The van der Waals surface area contributed by atoms with Gasteiger partial charge in [0.1, 0.15) is 0 Å². The van der Waals surface area contributed by atoms with Crippen molar-refractivity contribution in [1.29, 1.82) is 0 Å². The molecule has 1 N–H and O–H groups in total. The normalized spacial score (nSPS) is 27.1. The van der Waals surface area contributed by atoms with Gasteiger partial charge in [-0.25, -0.2) is 13.1 Å². The summed E-state index contributed by atoms with van der Waals surface area (Å²) >= 11 is 5.78. The zero-order chi connectivity index (χ0) is 11.3. The van der Waals surface area contributed by atoms with E-state index in [0.717, 1.165) is 19.3 Å². The van der Waals surface area contributed by atoms with E-state index in [-0.39, 0.29) is 24.3 Å². The highest BCUT2D eigenvalue weighted by Crippen LogP contribution is 2.27. The molecular formula is C9H18ClNO3S. The molecule has 1 rings (SSSR count). The lowest BCUT2D eigenvalue weighted by Crippen LogP contribution is -2.39. The Morgan fingerprint density at radius 3 is 2.80 bits per heavy atom. The van der Waals surface area contributed by atoms with Crippen LogP contribution in [-0.4, -0.2) is 39.8 Å². The summed E-state index contributed by atoms with van der Waals surface area (Å²) in [5, 5.41) is 0. The van der Waals surface area contributed by atoms with Crippen molar-refractivity contribution in [3.05, 3.63) is 0 Å². The van der Waals surface area contributed by atoms with Crippen LogP contribution >= 0.6 is 11.6 Å².